The van der Waals surface area contributed by atoms with Crippen molar-refractivity contribution in [3.8, 4) is 0 Å². The first-order chi connectivity index (χ1) is 6.22. The van der Waals surface area contributed by atoms with Crippen LogP contribution in [0, 0.1) is 0 Å². The maximum Gasteiger partial charge on any atom is 0.261 e. The minimum Gasteiger partial charge on any atom is -0.277 e. The molecule has 0 aromatic heterocycles. The first kappa shape index (κ1) is 7.98. The Morgan fingerprint density at radius 2 is 1.92 bits per heavy atom. The van der Waals surface area contributed by atoms with Gasteiger partial charge < -0.3 is 0 Å². The Bertz CT molecular complexity index is 374. The van der Waals surface area contributed by atoms with Crippen molar-refractivity contribution in [3.63, 3.8) is 0 Å². The maximum absolute atomic E-state index is 11.5. The number of carbonyl (C=O) groups is 2. The smallest absolute Gasteiger partial charge is 0.261 e. The largest absolute Gasteiger partial charge is 0.277 e. The third kappa shape index (κ3) is 1.04. The zero-order valence-electron chi connectivity index (χ0n) is 7.28. The summed E-state index contributed by atoms with van der Waals surface area (Å²) in [5.41, 5.74) is 1.05. The second-order valence-corrected chi connectivity index (χ2v) is 3.03. The monoisotopic (exact) mass is 175 g/mol. The van der Waals surface area contributed by atoms with E-state index in [1.807, 2.05) is 12.2 Å². The van der Waals surface area contributed by atoms with Gasteiger partial charge in [0.25, 0.3) is 11.8 Å². The van der Waals surface area contributed by atoms with Gasteiger partial charge in [-0.1, -0.05) is 18.2 Å². The molecular formula is C10H9NO2. The minimum atomic E-state index is -0.206. The molecule has 13 heavy (non-hydrogen) atoms. The van der Waals surface area contributed by atoms with E-state index in [1.54, 1.807) is 12.2 Å². The molecule has 0 aromatic carbocycles. The minimum absolute atomic E-state index is 0.194. The zero-order chi connectivity index (χ0) is 9.42. The number of hydrogen-bond acceptors (Lipinski definition) is 2. The van der Waals surface area contributed by atoms with Crippen molar-refractivity contribution in [3.05, 3.63) is 35.5 Å². The predicted octanol–water partition coefficient (Wildman–Crippen LogP) is 0.798. The third-order valence-corrected chi connectivity index (χ3v) is 2.22. The van der Waals surface area contributed by atoms with E-state index < -0.39 is 0 Å². The summed E-state index contributed by atoms with van der Waals surface area (Å²) < 4.78 is 0. The van der Waals surface area contributed by atoms with E-state index in [9.17, 15) is 9.59 Å². The Hall–Kier alpha value is -1.64. The molecule has 0 spiro atoms. The summed E-state index contributed by atoms with van der Waals surface area (Å²) in [6.45, 7) is 0. The summed E-state index contributed by atoms with van der Waals surface area (Å²) in [5.74, 6) is -0.400. The highest BCUT2D eigenvalue weighted by Crippen LogP contribution is 2.25. The standard InChI is InChI=1S/C10H9NO2/c1-11-9(12)7-5-3-2-4-6-8(7)10(11)13/h2-3,5-6H,4H2,1H3. The van der Waals surface area contributed by atoms with Crippen LogP contribution in [0.25, 0.3) is 0 Å². The van der Waals surface area contributed by atoms with Crippen LogP contribution in [-0.4, -0.2) is 23.8 Å². The van der Waals surface area contributed by atoms with Crippen LogP contribution >= 0.6 is 0 Å². The zero-order valence-corrected chi connectivity index (χ0v) is 7.28. The molecule has 0 N–H and O–H groups in total. The molecule has 0 bridgehead atoms. The number of amides is 2. The molecule has 0 saturated carbocycles. The molecule has 0 atom stereocenters. The van der Waals surface area contributed by atoms with Gasteiger partial charge in [-0.05, 0) is 12.5 Å². The van der Waals surface area contributed by atoms with Crippen molar-refractivity contribution in [2.24, 2.45) is 0 Å². The van der Waals surface area contributed by atoms with Gasteiger partial charge in [-0.25, -0.2) is 0 Å². The number of imide groups is 1. The fraction of sp³-hybridized carbons (Fsp3) is 0.200. The number of rotatable bonds is 0. The number of hydrogen-bond donors (Lipinski definition) is 0. The van der Waals surface area contributed by atoms with Crippen LogP contribution in [0.5, 0.6) is 0 Å². The van der Waals surface area contributed by atoms with Crippen LogP contribution in [0.15, 0.2) is 35.5 Å². The topological polar surface area (TPSA) is 37.4 Å². The third-order valence-electron chi connectivity index (χ3n) is 2.22. The summed E-state index contributed by atoms with van der Waals surface area (Å²) >= 11 is 0. The quantitative estimate of drug-likeness (QED) is 0.510. The Kier molecular flexibility index (Phi) is 1.65. The van der Waals surface area contributed by atoms with Gasteiger partial charge in [0.15, 0.2) is 0 Å². The molecule has 1 saturated heterocycles. The van der Waals surface area contributed by atoms with Crippen LogP contribution in [0.3, 0.4) is 0 Å². The van der Waals surface area contributed by atoms with Gasteiger partial charge in [0.05, 0.1) is 5.57 Å². The highest BCUT2D eigenvalue weighted by Gasteiger charge is 2.35. The lowest BCUT2D eigenvalue weighted by Gasteiger charge is -2.01. The fourth-order valence-electron chi connectivity index (χ4n) is 1.47. The van der Waals surface area contributed by atoms with Gasteiger partial charge in [0.2, 0.25) is 0 Å². The highest BCUT2D eigenvalue weighted by molar-refractivity contribution is 6.24. The number of nitrogens with zero attached hydrogens (tertiary/aromatic N) is 1. The van der Waals surface area contributed by atoms with Crippen molar-refractivity contribution in [2.75, 3.05) is 7.05 Å². The molecule has 0 aromatic rings. The first-order valence-corrected chi connectivity index (χ1v) is 4.11. The Morgan fingerprint density at radius 3 is 2.69 bits per heavy atom. The van der Waals surface area contributed by atoms with E-state index in [0.29, 0.717) is 17.6 Å². The van der Waals surface area contributed by atoms with Crippen LogP contribution in [0.1, 0.15) is 6.42 Å². The van der Waals surface area contributed by atoms with Gasteiger partial charge in [-0.2, -0.15) is 0 Å². The number of allylic oxidation sites excluding steroid dienone is 4. The van der Waals surface area contributed by atoms with Crippen molar-refractivity contribution in [1.29, 1.82) is 0 Å². The lowest BCUT2D eigenvalue weighted by atomic mass is 10.1. The maximum atomic E-state index is 11.5. The highest BCUT2D eigenvalue weighted by atomic mass is 16.2. The lowest BCUT2D eigenvalue weighted by molar-refractivity contribution is -0.134. The Labute approximate surface area is 76.0 Å². The van der Waals surface area contributed by atoms with Gasteiger partial charge in [-0.15, -0.1) is 0 Å². The van der Waals surface area contributed by atoms with E-state index in [4.69, 9.17) is 0 Å². The van der Waals surface area contributed by atoms with Crippen LogP contribution in [0.2, 0.25) is 0 Å². The van der Waals surface area contributed by atoms with Crippen LogP contribution < -0.4 is 0 Å². The van der Waals surface area contributed by atoms with Crippen molar-refractivity contribution in [2.45, 2.75) is 6.42 Å². The average Bonchev–Trinajstić information content (AvgIpc) is 2.40. The van der Waals surface area contributed by atoms with Crippen molar-refractivity contribution < 1.29 is 9.59 Å². The summed E-state index contributed by atoms with van der Waals surface area (Å²) in [6, 6.07) is 0. The van der Waals surface area contributed by atoms with Crippen molar-refractivity contribution >= 4 is 11.8 Å². The number of fused-ring (bicyclic) bond motifs is 1. The summed E-state index contributed by atoms with van der Waals surface area (Å²) in [4.78, 5) is 24.1. The summed E-state index contributed by atoms with van der Waals surface area (Å²) in [5, 5.41) is 0. The summed E-state index contributed by atoms with van der Waals surface area (Å²) in [6.07, 6.45) is 7.92. The molecule has 2 rings (SSSR count). The second kappa shape index (κ2) is 2.69. The molecule has 0 unspecified atom stereocenters. The molecule has 3 heteroatoms. The molecule has 2 aliphatic rings. The fourth-order valence-corrected chi connectivity index (χ4v) is 1.47. The molecule has 2 amide bonds. The molecule has 1 fully saturated rings. The predicted molar refractivity (Wildman–Crippen MR) is 47.7 cm³/mol. The molecule has 1 aliphatic heterocycles. The van der Waals surface area contributed by atoms with Gasteiger partial charge >= 0.3 is 0 Å². The number of likely N-dealkylation sites (tertiary alicyclic amines) is 1. The van der Waals surface area contributed by atoms with E-state index >= 15 is 0 Å². The van der Waals surface area contributed by atoms with Crippen LogP contribution in [-0.2, 0) is 9.59 Å². The Balaban J connectivity index is 2.55. The van der Waals surface area contributed by atoms with E-state index in [1.165, 1.54) is 7.05 Å². The van der Waals surface area contributed by atoms with E-state index in [2.05, 4.69) is 0 Å². The Morgan fingerprint density at radius 1 is 1.23 bits per heavy atom. The van der Waals surface area contributed by atoms with Gasteiger partial charge in [0, 0.05) is 12.6 Å². The van der Waals surface area contributed by atoms with Gasteiger partial charge in [0.1, 0.15) is 0 Å². The summed E-state index contributed by atoms with van der Waals surface area (Å²) in [7, 11) is 1.50. The molecule has 1 aliphatic carbocycles. The normalized spacial score (nSPS) is 21.2. The molecular weight excluding hydrogens is 166 g/mol. The molecule has 1 heterocycles. The van der Waals surface area contributed by atoms with E-state index in [-0.39, 0.29) is 11.8 Å². The first-order valence-electron chi connectivity index (χ1n) is 4.11. The number of carbonyl (C=O) groups excluding carboxylic acids is 2. The molecule has 3 nitrogen and oxygen atoms in total. The average molecular weight is 175 g/mol. The van der Waals surface area contributed by atoms with Crippen molar-refractivity contribution in [1.82, 2.24) is 4.90 Å². The molecule has 0 radical (unpaired) electrons. The second-order valence-electron chi connectivity index (χ2n) is 3.03. The lowest BCUT2D eigenvalue weighted by Crippen LogP contribution is -2.24. The van der Waals surface area contributed by atoms with Gasteiger partial charge in [-0.3, -0.25) is 14.5 Å². The van der Waals surface area contributed by atoms with E-state index in [0.717, 1.165) is 4.90 Å². The van der Waals surface area contributed by atoms with Crippen LogP contribution in [0.4, 0.5) is 0 Å². The molecule has 66 valence electrons. The SMILES string of the molecule is CN1C(=O)C2=CC=CCC=C2C1=O. The number of likely N-dealkylation sites (N-methyl/N-ethyl adjacent to an activating group) is 1.